The van der Waals surface area contributed by atoms with E-state index in [1.54, 1.807) is 0 Å². The Bertz CT molecular complexity index is 57.7. The summed E-state index contributed by atoms with van der Waals surface area (Å²) in [6.07, 6.45) is 0.409. The first kappa shape index (κ1) is 9.92. The zero-order chi connectivity index (χ0) is 7.98. The molecule has 1 fully saturated rings. The van der Waals surface area contributed by atoms with Crippen molar-refractivity contribution in [2.24, 2.45) is 0 Å². The number of morpholine rings is 1. The first-order chi connectivity index (χ1) is 4.79. The van der Waals surface area contributed by atoms with Gasteiger partial charge in [-0.2, -0.15) is 0 Å². The van der Waals surface area contributed by atoms with Crippen LogP contribution in [-0.2, 0) is 4.74 Å². The topological polar surface area (TPSA) is 21.3 Å². The maximum absolute atomic E-state index is 5.33. The average molecular weight is 145 g/mol. The third-order valence-electron chi connectivity index (χ3n) is 1.38. The van der Waals surface area contributed by atoms with Gasteiger partial charge in [0.2, 0.25) is 0 Å². The highest BCUT2D eigenvalue weighted by Gasteiger charge is 2.12. The second kappa shape index (κ2) is 5.69. The summed E-state index contributed by atoms with van der Waals surface area (Å²) < 4.78 is 5.33. The van der Waals surface area contributed by atoms with E-state index in [1.807, 2.05) is 13.8 Å². The largest absolute Gasteiger partial charge is 0.376 e. The van der Waals surface area contributed by atoms with Crippen molar-refractivity contribution in [1.29, 1.82) is 0 Å². The van der Waals surface area contributed by atoms with Crippen LogP contribution < -0.4 is 5.32 Å². The summed E-state index contributed by atoms with van der Waals surface area (Å²) in [6.45, 7) is 10.1. The molecule has 1 rings (SSSR count). The van der Waals surface area contributed by atoms with Crippen LogP contribution in [0.4, 0.5) is 0 Å². The van der Waals surface area contributed by atoms with Crippen LogP contribution in [-0.4, -0.2) is 25.3 Å². The van der Waals surface area contributed by atoms with Crippen molar-refractivity contribution >= 4 is 0 Å². The summed E-state index contributed by atoms with van der Waals surface area (Å²) in [5, 5.41) is 3.31. The molecule has 2 atom stereocenters. The monoisotopic (exact) mass is 145 g/mol. The van der Waals surface area contributed by atoms with E-state index in [1.165, 1.54) is 0 Å². The Morgan fingerprint density at radius 1 is 1.30 bits per heavy atom. The number of rotatable bonds is 0. The Kier molecular flexibility index (Phi) is 5.64. The Hall–Kier alpha value is -0.0800. The van der Waals surface area contributed by atoms with Gasteiger partial charge < -0.3 is 10.1 Å². The maximum atomic E-state index is 5.33. The highest BCUT2D eigenvalue weighted by molar-refractivity contribution is 4.68. The molecule has 10 heavy (non-hydrogen) atoms. The molecule has 62 valence electrons. The second-order valence-corrected chi connectivity index (χ2v) is 2.45. The van der Waals surface area contributed by atoms with Gasteiger partial charge in [-0.15, -0.1) is 0 Å². The lowest BCUT2D eigenvalue weighted by Crippen LogP contribution is -2.43. The first-order valence-corrected chi connectivity index (χ1v) is 4.14. The fraction of sp³-hybridized carbons (Fsp3) is 1.00. The lowest BCUT2D eigenvalue weighted by molar-refractivity contribution is 0.0196. The summed E-state index contributed by atoms with van der Waals surface area (Å²) in [4.78, 5) is 0. The molecule has 1 N–H and O–H groups in total. The first-order valence-electron chi connectivity index (χ1n) is 4.14. The normalized spacial score (nSPS) is 32.4. The summed E-state index contributed by atoms with van der Waals surface area (Å²) >= 11 is 0. The quantitative estimate of drug-likeness (QED) is 0.556. The van der Waals surface area contributed by atoms with Gasteiger partial charge in [0.05, 0.1) is 12.7 Å². The van der Waals surface area contributed by atoms with Gasteiger partial charge in [0.1, 0.15) is 0 Å². The Morgan fingerprint density at radius 3 is 2.20 bits per heavy atom. The molecule has 0 aliphatic carbocycles. The van der Waals surface area contributed by atoms with Crippen LogP contribution in [0.15, 0.2) is 0 Å². The van der Waals surface area contributed by atoms with Crippen molar-refractivity contribution in [3.8, 4) is 0 Å². The highest BCUT2D eigenvalue weighted by Crippen LogP contribution is 1.97. The van der Waals surface area contributed by atoms with Crippen molar-refractivity contribution in [1.82, 2.24) is 5.32 Å². The lowest BCUT2D eigenvalue weighted by atomic mass is 10.3. The second-order valence-electron chi connectivity index (χ2n) is 2.45. The van der Waals surface area contributed by atoms with E-state index in [4.69, 9.17) is 4.74 Å². The molecule has 0 amide bonds. The van der Waals surface area contributed by atoms with E-state index in [2.05, 4.69) is 19.2 Å². The molecule has 0 radical (unpaired) electrons. The Morgan fingerprint density at radius 2 is 1.90 bits per heavy atom. The predicted molar refractivity (Wildman–Crippen MR) is 44.2 cm³/mol. The SMILES string of the molecule is CC.CC1COC(C)CN1. The average Bonchev–Trinajstić information content (AvgIpc) is 2.00. The molecule has 0 saturated carbocycles. The van der Waals surface area contributed by atoms with Crippen LogP contribution in [0.5, 0.6) is 0 Å². The van der Waals surface area contributed by atoms with Crippen molar-refractivity contribution < 1.29 is 4.74 Å². The molecule has 1 aliphatic rings. The summed E-state index contributed by atoms with van der Waals surface area (Å²) in [5.74, 6) is 0. The van der Waals surface area contributed by atoms with Crippen LogP contribution in [0.2, 0.25) is 0 Å². The molecule has 1 heterocycles. The van der Waals surface area contributed by atoms with Crippen molar-refractivity contribution in [3.05, 3.63) is 0 Å². The van der Waals surface area contributed by atoms with Crippen LogP contribution in [0, 0.1) is 0 Å². The molecular formula is C8H19NO. The fourth-order valence-corrected chi connectivity index (χ4v) is 0.794. The zero-order valence-corrected chi connectivity index (χ0v) is 7.48. The van der Waals surface area contributed by atoms with E-state index >= 15 is 0 Å². The van der Waals surface area contributed by atoms with Gasteiger partial charge in [0.15, 0.2) is 0 Å². The molecule has 2 unspecified atom stereocenters. The minimum atomic E-state index is 0.409. The molecule has 2 heteroatoms. The molecule has 0 aromatic rings. The van der Waals surface area contributed by atoms with Gasteiger partial charge in [0.25, 0.3) is 0 Å². The van der Waals surface area contributed by atoms with Crippen LogP contribution >= 0.6 is 0 Å². The molecule has 1 saturated heterocycles. The Balaban J connectivity index is 0.000000371. The zero-order valence-electron chi connectivity index (χ0n) is 7.48. The van der Waals surface area contributed by atoms with E-state index in [0.29, 0.717) is 12.1 Å². The van der Waals surface area contributed by atoms with Gasteiger partial charge in [-0.05, 0) is 13.8 Å². The van der Waals surface area contributed by atoms with Gasteiger partial charge in [-0.3, -0.25) is 0 Å². The van der Waals surface area contributed by atoms with Gasteiger partial charge >= 0.3 is 0 Å². The third kappa shape index (κ3) is 3.85. The van der Waals surface area contributed by atoms with E-state index in [0.717, 1.165) is 13.2 Å². The number of ether oxygens (including phenoxy) is 1. The van der Waals surface area contributed by atoms with Crippen LogP contribution in [0.3, 0.4) is 0 Å². The van der Waals surface area contributed by atoms with Gasteiger partial charge in [-0.1, -0.05) is 13.8 Å². The van der Waals surface area contributed by atoms with Crippen molar-refractivity contribution in [3.63, 3.8) is 0 Å². The number of nitrogens with one attached hydrogen (secondary N) is 1. The molecular weight excluding hydrogens is 126 g/mol. The molecule has 1 aliphatic heterocycles. The smallest absolute Gasteiger partial charge is 0.0672 e. The summed E-state index contributed by atoms with van der Waals surface area (Å²) in [6, 6.07) is 0.547. The minimum absolute atomic E-state index is 0.409. The third-order valence-corrected chi connectivity index (χ3v) is 1.38. The van der Waals surface area contributed by atoms with Crippen molar-refractivity contribution in [2.75, 3.05) is 13.2 Å². The molecule has 0 bridgehead atoms. The van der Waals surface area contributed by atoms with E-state index < -0.39 is 0 Å². The fourth-order valence-electron chi connectivity index (χ4n) is 0.794. The number of hydrogen-bond acceptors (Lipinski definition) is 2. The summed E-state index contributed by atoms with van der Waals surface area (Å²) in [5.41, 5.74) is 0. The van der Waals surface area contributed by atoms with Crippen molar-refractivity contribution in [2.45, 2.75) is 39.8 Å². The van der Waals surface area contributed by atoms with Crippen LogP contribution in [0.1, 0.15) is 27.7 Å². The predicted octanol–water partition coefficient (Wildman–Crippen LogP) is 1.41. The molecule has 0 aromatic heterocycles. The maximum Gasteiger partial charge on any atom is 0.0672 e. The summed E-state index contributed by atoms with van der Waals surface area (Å²) in [7, 11) is 0. The number of hydrogen-bond donors (Lipinski definition) is 1. The molecule has 0 aromatic carbocycles. The van der Waals surface area contributed by atoms with Gasteiger partial charge in [-0.25, -0.2) is 0 Å². The van der Waals surface area contributed by atoms with E-state index in [-0.39, 0.29) is 0 Å². The van der Waals surface area contributed by atoms with E-state index in [9.17, 15) is 0 Å². The van der Waals surface area contributed by atoms with Crippen LogP contribution in [0.25, 0.3) is 0 Å². The molecule has 0 spiro atoms. The lowest BCUT2D eigenvalue weighted by Gasteiger charge is -2.25. The molecule has 2 nitrogen and oxygen atoms in total. The standard InChI is InChI=1S/C6H13NO.C2H6/c1-5-4-8-6(2)3-7-5;1-2/h5-7H,3-4H2,1-2H3;1-2H3. The van der Waals surface area contributed by atoms with Gasteiger partial charge in [0, 0.05) is 12.6 Å². The Labute approximate surface area is 64.0 Å². The minimum Gasteiger partial charge on any atom is -0.376 e. The highest BCUT2D eigenvalue weighted by atomic mass is 16.5.